The van der Waals surface area contributed by atoms with Crippen LogP contribution in [0.25, 0.3) is 0 Å². The molecule has 0 aromatic carbocycles. The van der Waals surface area contributed by atoms with Gasteiger partial charge >= 0.3 is 0 Å². The maximum Gasteiger partial charge on any atom is 0.190 e. The Balaban J connectivity index is 1.87. The van der Waals surface area contributed by atoms with Crippen molar-refractivity contribution in [3.8, 4) is 0 Å². The highest BCUT2D eigenvalue weighted by Crippen LogP contribution is 2.44. The SMILES string of the molecule is CC1(C)O[C@@H]2[C@H](O1)[C@H]1OC(C)(C)O[C@H]1O[C@@H]2[C@@H](O)[C@H](O)CO. The molecule has 3 N–H and O–H groups in total. The van der Waals surface area contributed by atoms with Crippen LogP contribution in [0.4, 0.5) is 0 Å². The molecular formula is C14H24O8. The zero-order chi connectivity index (χ0) is 16.3. The van der Waals surface area contributed by atoms with E-state index in [1.54, 1.807) is 27.7 Å². The van der Waals surface area contributed by atoms with Gasteiger partial charge in [0.25, 0.3) is 0 Å². The predicted octanol–water partition coefficient (Wildman–Crippen LogP) is -0.903. The van der Waals surface area contributed by atoms with Crippen LogP contribution >= 0.6 is 0 Å². The van der Waals surface area contributed by atoms with E-state index in [1.807, 2.05) is 0 Å². The van der Waals surface area contributed by atoms with Gasteiger partial charge in [-0.25, -0.2) is 0 Å². The van der Waals surface area contributed by atoms with Crippen molar-refractivity contribution in [2.24, 2.45) is 0 Å². The van der Waals surface area contributed by atoms with Crippen LogP contribution in [0, 0.1) is 0 Å². The quantitative estimate of drug-likeness (QED) is 0.614. The van der Waals surface area contributed by atoms with Gasteiger partial charge < -0.3 is 39.0 Å². The third kappa shape index (κ3) is 2.78. The van der Waals surface area contributed by atoms with Gasteiger partial charge in [0.2, 0.25) is 0 Å². The molecule has 0 saturated carbocycles. The Morgan fingerprint density at radius 2 is 1.41 bits per heavy atom. The maximum atomic E-state index is 10.2. The molecule has 3 fully saturated rings. The Bertz CT molecular complexity index is 425. The van der Waals surface area contributed by atoms with Gasteiger partial charge in [-0.1, -0.05) is 0 Å². The first-order valence-corrected chi connectivity index (χ1v) is 7.47. The maximum absolute atomic E-state index is 10.2. The van der Waals surface area contributed by atoms with Crippen molar-refractivity contribution in [1.82, 2.24) is 0 Å². The molecule has 3 saturated heterocycles. The summed E-state index contributed by atoms with van der Waals surface area (Å²) in [5, 5.41) is 29.0. The molecule has 22 heavy (non-hydrogen) atoms. The molecule has 7 atom stereocenters. The lowest BCUT2D eigenvalue weighted by molar-refractivity contribution is -0.262. The molecule has 0 bridgehead atoms. The van der Waals surface area contributed by atoms with Gasteiger partial charge in [0.15, 0.2) is 17.9 Å². The highest BCUT2D eigenvalue weighted by molar-refractivity contribution is 5.02. The molecule has 0 amide bonds. The van der Waals surface area contributed by atoms with Crippen molar-refractivity contribution in [3.63, 3.8) is 0 Å². The van der Waals surface area contributed by atoms with Gasteiger partial charge in [-0.15, -0.1) is 0 Å². The van der Waals surface area contributed by atoms with Crippen molar-refractivity contribution < 1.29 is 39.0 Å². The van der Waals surface area contributed by atoms with Crippen LogP contribution in [-0.2, 0) is 23.7 Å². The van der Waals surface area contributed by atoms with E-state index >= 15 is 0 Å². The molecule has 0 aromatic heterocycles. The van der Waals surface area contributed by atoms with Gasteiger partial charge in [0, 0.05) is 0 Å². The average molecular weight is 320 g/mol. The summed E-state index contributed by atoms with van der Waals surface area (Å²) < 4.78 is 29.0. The minimum absolute atomic E-state index is 0.489. The summed E-state index contributed by atoms with van der Waals surface area (Å²) in [5.74, 6) is -1.71. The molecule has 0 aliphatic carbocycles. The Hall–Kier alpha value is -0.320. The number of rotatable bonds is 3. The second kappa shape index (κ2) is 5.35. The normalized spacial score (nSPS) is 45.1. The van der Waals surface area contributed by atoms with E-state index in [9.17, 15) is 10.2 Å². The standard InChI is InChI=1S/C14H24O8/c1-13(2)19-9-8(7(17)6(16)5-15)18-12-11(10(9)20-13)21-14(3,4)22-12/h6-12,15-17H,5H2,1-4H3/t6-,7+,8-,9+,10+,11-,12-/m1/s1. The Labute approximate surface area is 128 Å². The van der Waals surface area contributed by atoms with Gasteiger partial charge in [-0.3, -0.25) is 0 Å². The van der Waals surface area contributed by atoms with Crippen molar-refractivity contribution >= 4 is 0 Å². The zero-order valence-electron chi connectivity index (χ0n) is 13.1. The fourth-order valence-corrected chi connectivity index (χ4v) is 3.24. The monoisotopic (exact) mass is 320 g/mol. The average Bonchev–Trinajstić information content (AvgIpc) is 2.90. The number of aliphatic hydroxyl groups excluding tert-OH is 3. The van der Waals surface area contributed by atoms with Gasteiger partial charge in [0.1, 0.15) is 36.6 Å². The van der Waals surface area contributed by atoms with E-state index in [1.165, 1.54) is 0 Å². The van der Waals surface area contributed by atoms with Crippen LogP contribution in [0.1, 0.15) is 27.7 Å². The summed E-state index contributed by atoms with van der Waals surface area (Å²) >= 11 is 0. The van der Waals surface area contributed by atoms with Crippen LogP contribution in [0.5, 0.6) is 0 Å². The van der Waals surface area contributed by atoms with Crippen LogP contribution in [0.15, 0.2) is 0 Å². The van der Waals surface area contributed by atoms with E-state index in [2.05, 4.69) is 0 Å². The fourth-order valence-electron chi connectivity index (χ4n) is 3.24. The van der Waals surface area contributed by atoms with Crippen LogP contribution in [0.2, 0.25) is 0 Å². The predicted molar refractivity (Wildman–Crippen MR) is 71.6 cm³/mol. The lowest BCUT2D eigenvalue weighted by Crippen LogP contribution is -2.60. The number of fused-ring (bicyclic) bond motifs is 3. The first-order chi connectivity index (χ1) is 10.1. The fraction of sp³-hybridized carbons (Fsp3) is 1.00. The lowest BCUT2D eigenvalue weighted by atomic mass is 9.93. The third-order valence-corrected chi connectivity index (χ3v) is 4.11. The second-order valence-corrected chi connectivity index (χ2v) is 6.87. The summed E-state index contributed by atoms with van der Waals surface area (Å²) in [5.41, 5.74) is 0. The largest absolute Gasteiger partial charge is 0.394 e. The minimum Gasteiger partial charge on any atom is -0.394 e. The molecule has 0 radical (unpaired) electrons. The van der Waals surface area contributed by atoms with Crippen molar-refractivity contribution in [2.75, 3.05) is 6.61 Å². The molecule has 3 heterocycles. The molecule has 3 aliphatic rings. The molecular weight excluding hydrogens is 296 g/mol. The van der Waals surface area contributed by atoms with Gasteiger partial charge in [0.05, 0.1) is 6.61 Å². The van der Waals surface area contributed by atoms with Crippen molar-refractivity contribution in [3.05, 3.63) is 0 Å². The molecule has 128 valence electrons. The number of ether oxygens (including phenoxy) is 5. The first-order valence-electron chi connectivity index (χ1n) is 7.47. The highest BCUT2D eigenvalue weighted by Gasteiger charge is 2.62. The van der Waals surface area contributed by atoms with E-state index in [4.69, 9.17) is 28.8 Å². The zero-order valence-corrected chi connectivity index (χ0v) is 13.1. The summed E-state index contributed by atoms with van der Waals surface area (Å²) in [4.78, 5) is 0. The smallest absolute Gasteiger partial charge is 0.190 e. The number of hydrogen-bond donors (Lipinski definition) is 3. The third-order valence-electron chi connectivity index (χ3n) is 4.11. The van der Waals surface area contributed by atoms with E-state index in [-0.39, 0.29) is 0 Å². The van der Waals surface area contributed by atoms with Gasteiger partial charge in [-0.05, 0) is 27.7 Å². The van der Waals surface area contributed by atoms with Crippen molar-refractivity contribution in [1.29, 1.82) is 0 Å². The van der Waals surface area contributed by atoms with E-state index in [0.717, 1.165) is 0 Å². The second-order valence-electron chi connectivity index (χ2n) is 6.87. The topological polar surface area (TPSA) is 107 Å². The van der Waals surface area contributed by atoms with Crippen molar-refractivity contribution in [2.45, 2.75) is 82.2 Å². The molecule has 3 rings (SSSR count). The first kappa shape index (κ1) is 16.5. The molecule has 0 spiro atoms. The molecule has 8 nitrogen and oxygen atoms in total. The summed E-state index contributed by atoms with van der Waals surface area (Å²) in [6.07, 6.45) is -5.93. The van der Waals surface area contributed by atoms with Crippen LogP contribution in [-0.4, -0.2) is 76.4 Å². The minimum atomic E-state index is -1.34. The molecule has 0 unspecified atom stereocenters. The number of aliphatic hydroxyl groups is 3. The summed E-state index contributed by atoms with van der Waals surface area (Å²) in [7, 11) is 0. The molecule has 0 aromatic rings. The van der Waals surface area contributed by atoms with Crippen LogP contribution in [0.3, 0.4) is 0 Å². The molecule has 3 aliphatic heterocycles. The van der Waals surface area contributed by atoms with E-state index in [0.29, 0.717) is 0 Å². The highest BCUT2D eigenvalue weighted by atomic mass is 16.9. The lowest BCUT2D eigenvalue weighted by Gasteiger charge is -2.40. The van der Waals surface area contributed by atoms with E-state index < -0.39 is 61.1 Å². The Morgan fingerprint density at radius 1 is 0.864 bits per heavy atom. The number of hydrogen-bond acceptors (Lipinski definition) is 8. The summed E-state index contributed by atoms with van der Waals surface area (Å²) in [6, 6.07) is 0. The van der Waals surface area contributed by atoms with Gasteiger partial charge in [-0.2, -0.15) is 0 Å². The summed E-state index contributed by atoms with van der Waals surface area (Å²) in [6.45, 7) is 6.46. The van der Waals surface area contributed by atoms with Crippen LogP contribution < -0.4 is 0 Å². The Morgan fingerprint density at radius 3 is 2.05 bits per heavy atom. The Kier molecular flexibility index (Phi) is 4.02. The molecule has 8 heteroatoms.